The number of allylic oxidation sites excluding steroid dienone is 3. The van der Waals surface area contributed by atoms with E-state index in [1.165, 1.54) is 65.2 Å². The first-order valence-electron chi connectivity index (χ1n) is 21.9. The van der Waals surface area contributed by atoms with Crippen molar-refractivity contribution in [2.24, 2.45) is 11.8 Å². The monoisotopic (exact) mass is 787 g/mol. The minimum atomic E-state index is -1.68. The van der Waals surface area contributed by atoms with E-state index in [4.69, 9.17) is 16.0 Å². The molecule has 0 aliphatic heterocycles. The van der Waals surface area contributed by atoms with E-state index in [1.54, 1.807) is 0 Å². The van der Waals surface area contributed by atoms with E-state index < -0.39 is 8.07 Å². The topological polar surface area (TPSA) is 33.8 Å². The van der Waals surface area contributed by atoms with Gasteiger partial charge in [0, 0.05) is 52.2 Å². The van der Waals surface area contributed by atoms with Gasteiger partial charge in [0.1, 0.15) is 0 Å². The third kappa shape index (κ3) is 8.76. The van der Waals surface area contributed by atoms with Crippen molar-refractivity contribution in [3.63, 3.8) is 0 Å². The molecule has 2 aromatic carbocycles. The maximum atomic E-state index is 6.93. The Hall–Kier alpha value is -4.87. The van der Waals surface area contributed by atoms with Gasteiger partial charge < -0.3 is 4.42 Å². The van der Waals surface area contributed by atoms with Crippen LogP contribution in [0, 0.1) is 11.8 Å². The molecule has 0 amide bonds. The van der Waals surface area contributed by atoms with Gasteiger partial charge in [-0.25, -0.2) is 4.98 Å². The Morgan fingerprint density at radius 1 is 0.914 bits per heavy atom. The SMILES string of the molecule is C=CC(=C)c1cc(CC(C)C)c([Si](C)(C)C)c[n+]1C(C)C(=C)C[n+]1ccc(CC2CCCCC2)cc1-c1c(CCC)ccc2c1oc1nc(-c3ccccc3)ccc12. The maximum absolute atomic E-state index is 6.93. The Labute approximate surface area is 349 Å². The van der Waals surface area contributed by atoms with Crippen LogP contribution < -0.4 is 14.3 Å². The third-order valence-corrected chi connectivity index (χ3v) is 14.5. The molecule has 1 saturated carbocycles. The lowest BCUT2D eigenvalue weighted by Crippen LogP contribution is -2.52. The second-order valence-electron chi connectivity index (χ2n) is 18.4. The molecule has 0 radical (unpaired) electrons. The Bertz CT molecular complexity index is 2460. The molecule has 1 unspecified atom stereocenters. The first-order valence-corrected chi connectivity index (χ1v) is 25.4. The van der Waals surface area contributed by atoms with Crippen molar-refractivity contribution in [3.8, 4) is 22.5 Å². The van der Waals surface area contributed by atoms with Crippen LogP contribution in [0.4, 0.5) is 0 Å². The number of hydrogen-bond donors (Lipinski definition) is 0. The number of aromatic nitrogens is 3. The van der Waals surface area contributed by atoms with Gasteiger partial charge in [-0.05, 0) is 59.9 Å². The number of hydrogen-bond acceptors (Lipinski definition) is 2. The van der Waals surface area contributed by atoms with E-state index in [1.807, 2.05) is 12.1 Å². The van der Waals surface area contributed by atoms with Crippen molar-refractivity contribution < 1.29 is 13.6 Å². The van der Waals surface area contributed by atoms with Gasteiger partial charge in [0.05, 0.1) is 24.9 Å². The summed E-state index contributed by atoms with van der Waals surface area (Å²) in [4.78, 5) is 5.09. The van der Waals surface area contributed by atoms with E-state index in [-0.39, 0.29) is 6.04 Å². The molecule has 300 valence electrons. The van der Waals surface area contributed by atoms with Gasteiger partial charge in [0.2, 0.25) is 17.1 Å². The summed E-state index contributed by atoms with van der Waals surface area (Å²) in [7, 11) is -1.68. The molecule has 1 atom stereocenters. The van der Waals surface area contributed by atoms with Crippen LogP contribution in [0.1, 0.15) is 94.6 Å². The Kier molecular flexibility index (Phi) is 12.5. The highest BCUT2D eigenvalue weighted by Gasteiger charge is 2.33. The fourth-order valence-electron chi connectivity index (χ4n) is 9.19. The Morgan fingerprint density at radius 2 is 1.66 bits per heavy atom. The van der Waals surface area contributed by atoms with Gasteiger partial charge in [-0.15, -0.1) is 0 Å². The molecular weight excluding hydrogens is 723 g/mol. The van der Waals surface area contributed by atoms with Gasteiger partial charge in [0.25, 0.3) is 0 Å². The fraction of sp³-hybridized carbons (Fsp3) is 0.377. The first-order chi connectivity index (χ1) is 27.9. The van der Waals surface area contributed by atoms with Gasteiger partial charge in [-0.2, -0.15) is 9.13 Å². The van der Waals surface area contributed by atoms with Crippen LogP contribution in [-0.4, -0.2) is 13.1 Å². The number of fused-ring (bicyclic) bond motifs is 3. The predicted octanol–water partition coefficient (Wildman–Crippen LogP) is 12.7. The molecule has 4 nitrogen and oxygen atoms in total. The average Bonchev–Trinajstić information content (AvgIpc) is 3.59. The zero-order chi connectivity index (χ0) is 41.1. The lowest BCUT2D eigenvalue weighted by molar-refractivity contribution is -0.724. The van der Waals surface area contributed by atoms with Crippen LogP contribution in [0.3, 0.4) is 0 Å². The van der Waals surface area contributed by atoms with Gasteiger partial charge >= 0.3 is 0 Å². The quantitative estimate of drug-likeness (QED) is 0.0449. The number of rotatable bonds is 15. The number of furan rings is 1. The second-order valence-corrected chi connectivity index (χ2v) is 23.5. The van der Waals surface area contributed by atoms with Crippen LogP contribution in [0.25, 0.3) is 50.2 Å². The summed E-state index contributed by atoms with van der Waals surface area (Å²) in [5.74, 6) is 1.30. The van der Waals surface area contributed by atoms with Crippen molar-refractivity contribution in [2.75, 3.05) is 0 Å². The molecule has 4 heterocycles. The Balaban J connectivity index is 1.37. The summed E-state index contributed by atoms with van der Waals surface area (Å²) in [6.07, 6.45) is 17.5. The highest BCUT2D eigenvalue weighted by molar-refractivity contribution is 6.89. The first kappa shape index (κ1) is 41.3. The molecule has 0 bridgehead atoms. The van der Waals surface area contributed by atoms with Crippen LogP contribution >= 0.6 is 0 Å². The molecule has 1 aliphatic rings. The lowest BCUT2D eigenvalue weighted by atomic mass is 9.84. The van der Waals surface area contributed by atoms with E-state index >= 15 is 0 Å². The zero-order valence-corrected chi connectivity index (χ0v) is 37.3. The zero-order valence-electron chi connectivity index (χ0n) is 36.3. The second kappa shape index (κ2) is 17.5. The number of benzene rings is 2. The van der Waals surface area contributed by atoms with Gasteiger partial charge in [-0.1, -0.05) is 147 Å². The average molecular weight is 788 g/mol. The van der Waals surface area contributed by atoms with Gasteiger partial charge in [0.15, 0.2) is 30.6 Å². The highest BCUT2D eigenvalue weighted by Crippen LogP contribution is 2.39. The summed E-state index contributed by atoms with van der Waals surface area (Å²) in [6, 6.07) is 26.5. The number of pyridine rings is 3. The summed E-state index contributed by atoms with van der Waals surface area (Å²) in [5, 5.41) is 3.66. The van der Waals surface area contributed by atoms with Crippen molar-refractivity contribution in [1.29, 1.82) is 0 Å². The summed E-state index contributed by atoms with van der Waals surface area (Å²) in [5.41, 5.74) is 13.3. The Morgan fingerprint density at radius 3 is 2.34 bits per heavy atom. The molecule has 1 fully saturated rings. The molecule has 1 aliphatic carbocycles. The molecule has 0 N–H and O–H groups in total. The highest BCUT2D eigenvalue weighted by atomic mass is 28.3. The molecule has 5 heteroatoms. The minimum Gasteiger partial charge on any atom is -0.437 e. The van der Waals surface area contributed by atoms with E-state index in [0.29, 0.717) is 18.2 Å². The van der Waals surface area contributed by atoms with E-state index in [2.05, 4.69) is 149 Å². The molecule has 58 heavy (non-hydrogen) atoms. The van der Waals surface area contributed by atoms with Crippen molar-refractivity contribution in [2.45, 2.75) is 118 Å². The van der Waals surface area contributed by atoms with Crippen LogP contribution in [-0.2, 0) is 25.8 Å². The lowest BCUT2D eigenvalue weighted by Gasteiger charge is -2.23. The number of nitrogens with zero attached hydrogens (tertiary/aromatic N) is 3. The van der Waals surface area contributed by atoms with Crippen molar-refractivity contribution in [3.05, 3.63) is 139 Å². The van der Waals surface area contributed by atoms with Crippen LogP contribution in [0.5, 0.6) is 0 Å². The summed E-state index contributed by atoms with van der Waals surface area (Å²) in [6.45, 7) is 30.7. The third-order valence-electron chi connectivity index (χ3n) is 12.4. The summed E-state index contributed by atoms with van der Waals surface area (Å²) >= 11 is 0. The fourth-order valence-corrected chi connectivity index (χ4v) is 10.9. The standard InChI is InChI=1S/C53H65N3OSi/c1-11-19-43-24-25-45-46-26-27-47(42-22-17-14-18-23-42)54-53(46)57-52(45)51(43)49-32-41(31-40-20-15-13-16-21-40)28-29-55(49)34-38(6)39(7)56-35-50(58(8,9)10)44(30-36(3)4)33-48(56)37(5)12-2/h12,14,17-18,22-29,32-33,35-36,39-40H,2,5-6,11,13,15-16,19-21,30-31,34H2,1,3-4,7-10H3/q+2. The predicted molar refractivity (Wildman–Crippen MR) is 248 cm³/mol. The van der Waals surface area contributed by atoms with Gasteiger partial charge in [-0.3, -0.25) is 0 Å². The van der Waals surface area contributed by atoms with Crippen molar-refractivity contribution >= 4 is 40.9 Å². The molecular formula is C53H65N3OSi+2. The van der Waals surface area contributed by atoms with Crippen LogP contribution in [0.2, 0.25) is 19.6 Å². The molecule has 0 saturated heterocycles. The van der Waals surface area contributed by atoms with E-state index in [0.717, 1.165) is 76.1 Å². The van der Waals surface area contributed by atoms with Crippen LogP contribution in [0.15, 0.2) is 121 Å². The molecule has 0 spiro atoms. The molecule has 6 aromatic rings. The number of aryl methyl sites for hydroxylation is 1. The van der Waals surface area contributed by atoms with E-state index in [9.17, 15) is 0 Å². The molecule has 4 aromatic heterocycles. The normalized spacial score (nSPS) is 14.3. The largest absolute Gasteiger partial charge is 0.437 e. The maximum Gasteiger partial charge on any atom is 0.227 e. The van der Waals surface area contributed by atoms with Crippen molar-refractivity contribution in [1.82, 2.24) is 4.98 Å². The minimum absolute atomic E-state index is 0.0230. The smallest absolute Gasteiger partial charge is 0.227 e. The molecule has 7 rings (SSSR count). The summed E-state index contributed by atoms with van der Waals surface area (Å²) < 4.78 is 11.8.